The molecule has 0 spiro atoms. The zero-order valence-corrected chi connectivity index (χ0v) is 19.1. The number of rotatable bonds is 5. The van der Waals surface area contributed by atoms with Crippen molar-refractivity contribution in [1.82, 2.24) is 19.6 Å². The molecule has 4 rings (SSSR count). The molecule has 1 aromatic heterocycles. The molecule has 2 aromatic rings. The van der Waals surface area contributed by atoms with Crippen molar-refractivity contribution >= 4 is 21.7 Å². The Labute approximate surface area is 190 Å². The molecular weight excluding hydrogens is 459 g/mol. The number of hydrogen-bond acceptors (Lipinski definition) is 5. The smallest absolute Gasteiger partial charge is 0.322 e. The molecule has 0 radical (unpaired) electrons. The van der Waals surface area contributed by atoms with Gasteiger partial charge in [0, 0.05) is 25.7 Å². The van der Waals surface area contributed by atoms with E-state index in [2.05, 4.69) is 9.82 Å². The number of anilines is 1. The molecule has 2 fully saturated rings. The van der Waals surface area contributed by atoms with Crippen LogP contribution in [0.15, 0.2) is 36.7 Å². The Morgan fingerprint density at radius 3 is 2.45 bits per heavy atom. The number of sulfonamides is 1. The van der Waals surface area contributed by atoms with E-state index < -0.39 is 21.8 Å². The minimum absolute atomic E-state index is 0.147. The van der Waals surface area contributed by atoms with Crippen LogP contribution in [-0.2, 0) is 22.7 Å². The first-order valence-electron chi connectivity index (χ1n) is 10.6. The van der Waals surface area contributed by atoms with E-state index >= 15 is 0 Å². The number of aromatic nitrogens is 2. The fourth-order valence-electron chi connectivity index (χ4n) is 4.96. The Kier molecular flexibility index (Phi) is 6.16. The largest absolute Gasteiger partial charge is 0.416 e. The molecule has 1 aliphatic heterocycles. The lowest BCUT2D eigenvalue weighted by atomic mass is 10.0. The lowest BCUT2D eigenvalue weighted by molar-refractivity contribution is -0.138. The summed E-state index contributed by atoms with van der Waals surface area (Å²) in [4.78, 5) is 16.5. The van der Waals surface area contributed by atoms with E-state index in [0.29, 0.717) is 13.1 Å². The Bertz CT molecular complexity index is 1120. The highest BCUT2D eigenvalue weighted by Crippen LogP contribution is 2.41. The molecule has 2 aliphatic rings. The van der Waals surface area contributed by atoms with Gasteiger partial charge >= 0.3 is 12.2 Å². The highest BCUT2D eigenvalue weighted by atomic mass is 32.2. The molecule has 1 saturated carbocycles. The zero-order valence-electron chi connectivity index (χ0n) is 18.3. The maximum absolute atomic E-state index is 13.3. The number of amides is 1. The van der Waals surface area contributed by atoms with E-state index in [1.807, 2.05) is 11.9 Å². The second-order valence-corrected chi connectivity index (χ2v) is 10.7. The van der Waals surface area contributed by atoms with Gasteiger partial charge in [0.15, 0.2) is 0 Å². The summed E-state index contributed by atoms with van der Waals surface area (Å²) < 4.78 is 66.0. The van der Waals surface area contributed by atoms with Gasteiger partial charge in [-0.05, 0) is 43.4 Å². The summed E-state index contributed by atoms with van der Waals surface area (Å²) in [6.45, 7) is 1.30. The average molecular weight is 486 g/mol. The summed E-state index contributed by atoms with van der Waals surface area (Å²) in [5.74, 6) is 0.534. The number of alkyl halides is 3. The average Bonchev–Trinajstić information content (AvgIpc) is 3.40. The maximum Gasteiger partial charge on any atom is 0.416 e. The molecule has 1 aliphatic carbocycles. The first kappa shape index (κ1) is 23.6. The molecular formula is C21H26F3N5O3S. The molecule has 2 heterocycles. The van der Waals surface area contributed by atoms with Crippen LogP contribution in [0, 0.1) is 11.8 Å². The number of nitrogens with one attached hydrogen (secondary N) is 1. The minimum Gasteiger partial charge on any atom is -0.322 e. The molecule has 0 bridgehead atoms. The van der Waals surface area contributed by atoms with Crippen LogP contribution in [0.1, 0.15) is 24.0 Å². The van der Waals surface area contributed by atoms with Gasteiger partial charge in [0.1, 0.15) is 0 Å². The van der Waals surface area contributed by atoms with Crippen LogP contribution < -0.4 is 4.72 Å². The molecule has 33 heavy (non-hydrogen) atoms. The second kappa shape index (κ2) is 8.64. The van der Waals surface area contributed by atoms with E-state index in [1.165, 1.54) is 24.5 Å². The minimum atomic E-state index is -4.38. The number of hydrogen-bond donors (Lipinski definition) is 1. The van der Waals surface area contributed by atoms with Crippen molar-refractivity contribution in [3.63, 3.8) is 0 Å². The number of likely N-dealkylation sites (tertiary alicyclic amines) is 1. The summed E-state index contributed by atoms with van der Waals surface area (Å²) in [5.41, 5.74) is -0.125. The van der Waals surface area contributed by atoms with Crippen LogP contribution >= 0.6 is 0 Å². The van der Waals surface area contributed by atoms with E-state index in [-0.39, 0.29) is 41.7 Å². The van der Waals surface area contributed by atoms with Gasteiger partial charge in [0.2, 0.25) is 10.0 Å². The molecule has 8 nitrogen and oxygen atoms in total. The molecule has 1 saturated heterocycles. The first-order chi connectivity index (χ1) is 15.4. The molecule has 1 amide bonds. The third-order valence-electron chi connectivity index (χ3n) is 6.44. The number of carbonyl (C=O) groups excluding carboxylic acids is 1. The van der Waals surface area contributed by atoms with Crippen LogP contribution in [-0.4, -0.2) is 66.5 Å². The summed E-state index contributed by atoms with van der Waals surface area (Å²) in [6.07, 6.45) is 0.862. The third kappa shape index (κ3) is 5.32. The van der Waals surface area contributed by atoms with Crippen LogP contribution in [0.5, 0.6) is 0 Å². The topological polar surface area (TPSA) is 87.5 Å². The lowest BCUT2D eigenvalue weighted by Crippen LogP contribution is -2.36. The zero-order chi connectivity index (χ0) is 24.0. The van der Waals surface area contributed by atoms with Crippen molar-refractivity contribution in [1.29, 1.82) is 0 Å². The molecule has 0 unspecified atom stereocenters. The van der Waals surface area contributed by atoms with Crippen LogP contribution in [0.4, 0.5) is 23.7 Å². The highest BCUT2D eigenvalue weighted by Gasteiger charge is 2.44. The quantitative estimate of drug-likeness (QED) is 0.703. The predicted molar refractivity (Wildman–Crippen MR) is 116 cm³/mol. The third-order valence-corrected chi connectivity index (χ3v) is 7.05. The van der Waals surface area contributed by atoms with E-state index in [1.54, 1.807) is 11.0 Å². The van der Waals surface area contributed by atoms with E-state index in [9.17, 15) is 26.4 Å². The molecule has 3 atom stereocenters. The van der Waals surface area contributed by atoms with Crippen LogP contribution in [0.25, 0.3) is 0 Å². The SMILES string of the molecule is CN(Cc1ccccc1C(F)(F)F)[C@@H]1C[C@@H]2CN(C(=O)n3cc(NS(C)(=O)=O)cn3)C[C@@H]2C1. The van der Waals surface area contributed by atoms with Crippen LogP contribution in [0.3, 0.4) is 0 Å². The van der Waals surface area contributed by atoms with Gasteiger partial charge in [-0.1, -0.05) is 18.2 Å². The normalized spacial score (nSPS) is 23.2. The summed E-state index contributed by atoms with van der Waals surface area (Å²) in [7, 11) is -1.62. The molecule has 12 heteroatoms. The van der Waals surface area contributed by atoms with E-state index in [4.69, 9.17) is 0 Å². The Morgan fingerprint density at radius 2 is 1.85 bits per heavy atom. The Balaban J connectivity index is 1.35. The molecule has 180 valence electrons. The summed E-state index contributed by atoms with van der Waals surface area (Å²) in [6, 6.07) is 5.48. The Hall–Kier alpha value is -2.60. The first-order valence-corrected chi connectivity index (χ1v) is 12.5. The fraction of sp³-hybridized carbons (Fsp3) is 0.524. The number of halogens is 3. The lowest BCUT2D eigenvalue weighted by Gasteiger charge is -2.27. The highest BCUT2D eigenvalue weighted by molar-refractivity contribution is 7.92. The van der Waals surface area contributed by atoms with Crippen molar-refractivity contribution in [3.05, 3.63) is 47.8 Å². The standard InChI is InChI=1S/C21H26F3N5O3S/c1-27(10-14-5-3-4-6-19(14)21(22,23)24)18-7-15-11-28(12-16(15)8-18)20(30)29-13-17(9-25-29)26-33(2,31)32/h3-6,9,13,15-16,18,26H,7-8,10-12H2,1-2H3/t15-,16+,18-. The predicted octanol–water partition coefficient (Wildman–Crippen LogP) is 3.08. The fourth-order valence-corrected chi connectivity index (χ4v) is 5.49. The monoisotopic (exact) mass is 485 g/mol. The van der Waals surface area contributed by atoms with E-state index in [0.717, 1.165) is 29.8 Å². The number of carbonyl (C=O) groups is 1. The van der Waals surface area contributed by atoms with Crippen molar-refractivity contribution in [2.45, 2.75) is 31.6 Å². The molecule has 1 N–H and O–H groups in total. The number of nitrogens with zero attached hydrogens (tertiary/aromatic N) is 4. The van der Waals surface area contributed by atoms with Gasteiger partial charge in [-0.25, -0.2) is 13.2 Å². The number of fused-ring (bicyclic) bond motifs is 1. The Morgan fingerprint density at radius 1 is 1.21 bits per heavy atom. The van der Waals surface area contributed by atoms with Crippen molar-refractivity contribution < 1.29 is 26.4 Å². The van der Waals surface area contributed by atoms with Gasteiger partial charge in [-0.3, -0.25) is 9.62 Å². The van der Waals surface area contributed by atoms with Crippen LogP contribution in [0.2, 0.25) is 0 Å². The van der Waals surface area contributed by atoms with Crippen molar-refractivity contribution in [3.8, 4) is 0 Å². The number of benzene rings is 1. The second-order valence-electron chi connectivity index (χ2n) is 8.95. The van der Waals surface area contributed by atoms with Crippen molar-refractivity contribution in [2.75, 3.05) is 31.1 Å². The van der Waals surface area contributed by atoms with Gasteiger partial charge in [-0.15, -0.1) is 0 Å². The summed E-state index contributed by atoms with van der Waals surface area (Å²) >= 11 is 0. The van der Waals surface area contributed by atoms with Gasteiger partial charge in [0.25, 0.3) is 0 Å². The van der Waals surface area contributed by atoms with Gasteiger partial charge in [-0.2, -0.15) is 23.0 Å². The van der Waals surface area contributed by atoms with Gasteiger partial charge in [0.05, 0.1) is 29.9 Å². The van der Waals surface area contributed by atoms with Crippen molar-refractivity contribution in [2.24, 2.45) is 11.8 Å². The maximum atomic E-state index is 13.3. The molecule has 1 aromatic carbocycles. The van der Waals surface area contributed by atoms with Gasteiger partial charge < -0.3 is 4.90 Å². The summed E-state index contributed by atoms with van der Waals surface area (Å²) in [5, 5.41) is 3.96.